The van der Waals surface area contributed by atoms with Crippen molar-refractivity contribution >= 4 is 17.5 Å². The fraction of sp³-hybridized carbons (Fsp3) is 0.467. The number of carbonyl (C=O) groups is 2. The molecule has 2 saturated heterocycles. The van der Waals surface area contributed by atoms with E-state index in [-0.39, 0.29) is 18.2 Å². The zero-order valence-corrected chi connectivity index (χ0v) is 12.2. The van der Waals surface area contributed by atoms with Crippen LogP contribution in [0, 0.1) is 0 Å². The lowest BCUT2D eigenvalue weighted by molar-refractivity contribution is -0.122. The largest absolute Gasteiger partial charge is 0.304 e. The second-order valence-electron chi connectivity index (χ2n) is 5.58. The van der Waals surface area contributed by atoms with Crippen LogP contribution >= 0.6 is 0 Å². The predicted molar refractivity (Wildman–Crippen MR) is 79.5 cm³/mol. The van der Waals surface area contributed by atoms with E-state index in [1.165, 1.54) is 4.90 Å². The molecule has 2 heterocycles. The first-order chi connectivity index (χ1) is 10.1. The SMILES string of the molecule is CN1CCN(N[C@H]2CC(=O)N(c3ccccc3)C2=O)CC1. The molecule has 0 radical (unpaired) electrons. The molecule has 0 aliphatic carbocycles. The number of para-hydroxylation sites is 1. The highest BCUT2D eigenvalue weighted by atomic mass is 16.2. The first kappa shape index (κ1) is 14.2. The molecule has 3 rings (SSSR count). The van der Waals surface area contributed by atoms with Crippen LogP contribution in [0.1, 0.15) is 6.42 Å². The van der Waals surface area contributed by atoms with Crippen LogP contribution in [0.15, 0.2) is 30.3 Å². The lowest BCUT2D eigenvalue weighted by atomic mass is 10.2. The normalized spacial score (nSPS) is 24.8. The van der Waals surface area contributed by atoms with Crippen molar-refractivity contribution < 1.29 is 9.59 Å². The maximum absolute atomic E-state index is 12.5. The second kappa shape index (κ2) is 5.93. The number of imide groups is 1. The number of anilines is 1. The predicted octanol–water partition coefficient (Wildman–Crippen LogP) is 0.0705. The molecule has 1 atom stereocenters. The number of rotatable bonds is 3. The third kappa shape index (κ3) is 2.97. The van der Waals surface area contributed by atoms with E-state index in [9.17, 15) is 9.59 Å². The Kier molecular flexibility index (Phi) is 4.01. The molecule has 2 amide bonds. The molecule has 6 nitrogen and oxygen atoms in total. The maximum atomic E-state index is 12.5. The van der Waals surface area contributed by atoms with Gasteiger partial charge in [0.05, 0.1) is 12.1 Å². The van der Waals surface area contributed by atoms with Crippen molar-refractivity contribution in [2.75, 3.05) is 38.1 Å². The van der Waals surface area contributed by atoms with Crippen LogP contribution in [0.2, 0.25) is 0 Å². The van der Waals surface area contributed by atoms with Gasteiger partial charge in [-0.25, -0.2) is 15.3 Å². The molecule has 1 aromatic rings. The minimum atomic E-state index is -0.443. The van der Waals surface area contributed by atoms with Gasteiger partial charge in [-0.05, 0) is 19.2 Å². The summed E-state index contributed by atoms with van der Waals surface area (Å²) in [5.41, 5.74) is 3.86. The summed E-state index contributed by atoms with van der Waals surface area (Å²) < 4.78 is 0. The van der Waals surface area contributed by atoms with Crippen LogP contribution in [0.5, 0.6) is 0 Å². The average molecular weight is 288 g/mol. The van der Waals surface area contributed by atoms with Crippen LogP contribution < -0.4 is 10.3 Å². The van der Waals surface area contributed by atoms with Crippen molar-refractivity contribution in [3.8, 4) is 0 Å². The highest BCUT2D eigenvalue weighted by molar-refractivity contribution is 6.22. The van der Waals surface area contributed by atoms with E-state index in [0.717, 1.165) is 26.2 Å². The van der Waals surface area contributed by atoms with Gasteiger partial charge in [0.2, 0.25) is 5.91 Å². The van der Waals surface area contributed by atoms with Crippen LogP contribution in [0.4, 0.5) is 5.69 Å². The zero-order valence-electron chi connectivity index (χ0n) is 12.2. The first-order valence-corrected chi connectivity index (χ1v) is 7.26. The van der Waals surface area contributed by atoms with Gasteiger partial charge in [0.1, 0.15) is 6.04 Å². The number of benzene rings is 1. The summed E-state index contributed by atoms with van der Waals surface area (Å²) in [6, 6.07) is 8.66. The minimum absolute atomic E-state index is 0.141. The Labute approximate surface area is 124 Å². The lowest BCUT2D eigenvalue weighted by Crippen LogP contribution is -2.55. The van der Waals surface area contributed by atoms with Gasteiger partial charge in [-0.1, -0.05) is 18.2 Å². The number of hydrogen-bond acceptors (Lipinski definition) is 5. The van der Waals surface area contributed by atoms with Crippen molar-refractivity contribution in [2.45, 2.75) is 12.5 Å². The second-order valence-corrected chi connectivity index (χ2v) is 5.58. The summed E-state index contributed by atoms with van der Waals surface area (Å²) >= 11 is 0. The molecule has 2 aliphatic heterocycles. The van der Waals surface area contributed by atoms with Crippen LogP contribution in [0.3, 0.4) is 0 Å². The van der Waals surface area contributed by atoms with E-state index in [2.05, 4.69) is 17.4 Å². The van der Waals surface area contributed by atoms with Crippen LogP contribution in [0.25, 0.3) is 0 Å². The highest BCUT2D eigenvalue weighted by Crippen LogP contribution is 2.22. The Morgan fingerprint density at radius 1 is 1.05 bits per heavy atom. The number of nitrogens with zero attached hydrogens (tertiary/aromatic N) is 3. The number of likely N-dealkylation sites (N-methyl/N-ethyl adjacent to an activating group) is 1. The van der Waals surface area contributed by atoms with E-state index in [0.29, 0.717) is 5.69 Å². The van der Waals surface area contributed by atoms with Crippen molar-refractivity contribution in [1.82, 2.24) is 15.3 Å². The molecule has 1 aromatic carbocycles. The molecule has 6 heteroatoms. The van der Waals surface area contributed by atoms with Gasteiger partial charge in [0.25, 0.3) is 5.91 Å². The topological polar surface area (TPSA) is 55.9 Å². The molecule has 0 bridgehead atoms. The average Bonchev–Trinajstić information content (AvgIpc) is 2.77. The third-order valence-corrected chi connectivity index (χ3v) is 4.00. The lowest BCUT2D eigenvalue weighted by Gasteiger charge is -2.33. The standard InChI is InChI=1S/C15H20N4O2/c1-17-7-9-18(10-8-17)16-13-11-14(20)19(15(13)21)12-5-3-2-4-6-12/h2-6,13,16H,7-11H2,1H3/t13-/m0/s1. The Morgan fingerprint density at radius 3 is 2.38 bits per heavy atom. The fourth-order valence-corrected chi connectivity index (χ4v) is 2.74. The molecular formula is C15H20N4O2. The first-order valence-electron chi connectivity index (χ1n) is 7.26. The van der Waals surface area contributed by atoms with Gasteiger partial charge in [-0.15, -0.1) is 0 Å². The minimum Gasteiger partial charge on any atom is -0.304 e. The summed E-state index contributed by atoms with van der Waals surface area (Å²) in [7, 11) is 2.08. The van der Waals surface area contributed by atoms with Gasteiger partial charge >= 0.3 is 0 Å². The Morgan fingerprint density at radius 2 is 1.71 bits per heavy atom. The number of hydrogen-bond donors (Lipinski definition) is 1. The Hall–Kier alpha value is -1.76. The molecule has 21 heavy (non-hydrogen) atoms. The number of nitrogens with one attached hydrogen (secondary N) is 1. The molecule has 1 N–H and O–H groups in total. The highest BCUT2D eigenvalue weighted by Gasteiger charge is 2.40. The van der Waals surface area contributed by atoms with E-state index < -0.39 is 6.04 Å². The van der Waals surface area contributed by atoms with Gasteiger partial charge < -0.3 is 4.90 Å². The van der Waals surface area contributed by atoms with E-state index >= 15 is 0 Å². The molecule has 112 valence electrons. The molecule has 2 fully saturated rings. The van der Waals surface area contributed by atoms with E-state index in [4.69, 9.17) is 0 Å². The summed E-state index contributed by atoms with van der Waals surface area (Å²) in [5, 5.41) is 2.05. The van der Waals surface area contributed by atoms with Crippen LogP contribution in [-0.4, -0.2) is 61.0 Å². The number of amides is 2. The van der Waals surface area contributed by atoms with Crippen molar-refractivity contribution in [3.05, 3.63) is 30.3 Å². The van der Waals surface area contributed by atoms with Crippen molar-refractivity contribution in [3.63, 3.8) is 0 Å². The summed E-state index contributed by atoms with van der Waals surface area (Å²) in [6.07, 6.45) is 0.222. The smallest absolute Gasteiger partial charge is 0.252 e. The van der Waals surface area contributed by atoms with Crippen molar-refractivity contribution in [2.24, 2.45) is 0 Å². The van der Waals surface area contributed by atoms with E-state index in [1.54, 1.807) is 12.1 Å². The maximum Gasteiger partial charge on any atom is 0.252 e. The Bertz CT molecular complexity index is 526. The van der Waals surface area contributed by atoms with Gasteiger partial charge in [-0.2, -0.15) is 0 Å². The number of piperazine rings is 1. The molecule has 0 unspecified atom stereocenters. The molecule has 0 aromatic heterocycles. The molecule has 0 spiro atoms. The van der Waals surface area contributed by atoms with Crippen LogP contribution in [-0.2, 0) is 9.59 Å². The third-order valence-electron chi connectivity index (χ3n) is 4.00. The fourth-order valence-electron chi connectivity index (χ4n) is 2.74. The molecule has 0 saturated carbocycles. The van der Waals surface area contributed by atoms with Gasteiger partial charge in [0.15, 0.2) is 0 Å². The van der Waals surface area contributed by atoms with E-state index in [1.807, 2.05) is 23.2 Å². The molecular weight excluding hydrogens is 268 g/mol. The van der Waals surface area contributed by atoms with Gasteiger partial charge in [0, 0.05) is 26.2 Å². The summed E-state index contributed by atoms with van der Waals surface area (Å²) in [6.45, 7) is 3.65. The summed E-state index contributed by atoms with van der Waals surface area (Å²) in [4.78, 5) is 28.1. The zero-order chi connectivity index (χ0) is 14.8. The van der Waals surface area contributed by atoms with Gasteiger partial charge in [-0.3, -0.25) is 9.59 Å². The quantitative estimate of drug-likeness (QED) is 0.798. The Balaban J connectivity index is 1.66. The molecule has 2 aliphatic rings. The summed E-state index contributed by atoms with van der Waals surface area (Å²) in [5.74, 6) is -0.303. The van der Waals surface area contributed by atoms with Crippen molar-refractivity contribution in [1.29, 1.82) is 0 Å². The number of carbonyl (C=O) groups excluding carboxylic acids is 2. The monoisotopic (exact) mass is 288 g/mol. The number of hydrazine groups is 1.